The van der Waals surface area contributed by atoms with Crippen LogP contribution in [0.5, 0.6) is 0 Å². The smallest absolute Gasteiger partial charge is 0.261 e. The third kappa shape index (κ3) is 8.64. The van der Waals surface area contributed by atoms with Crippen molar-refractivity contribution >= 4 is 27.0 Å². The third-order valence-corrected chi connectivity index (χ3v) is 21.8. The van der Waals surface area contributed by atoms with Gasteiger partial charge < -0.3 is 18.3 Å². The lowest BCUT2D eigenvalue weighted by Gasteiger charge is -2.46. The van der Waals surface area contributed by atoms with Gasteiger partial charge in [-0.15, -0.1) is 0 Å². The first-order valence-corrected chi connectivity index (χ1v) is 24.0. The minimum atomic E-state index is -2.59. The lowest BCUT2D eigenvalue weighted by atomic mass is 9.66. The van der Waals surface area contributed by atoms with E-state index in [1.807, 2.05) is 0 Å². The molecule has 0 radical (unpaired) electrons. The molecule has 0 N–H and O–H groups in total. The maximum absolute atomic E-state index is 7.28. The van der Waals surface area contributed by atoms with Crippen LogP contribution in [0.3, 0.4) is 0 Å². The summed E-state index contributed by atoms with van der Waals surface area (Å²) >= 11 is 0. The summed E-state index contributed by atoms with van der Waals surface area (Å²) < 4.78 is 27.8. The Labute approximate surface area is 301 Å². The van der Waals surface area contributed by atoms with Gasteiger partial charge in [-0.3, -0.25) is 0 Å². The number of allylic oxidation sites excluding steroid dienone is 3. The van der Waals surface area contributed by atoms with E-state index in [2.05, 4.69) is 141 Å². The van der Waals surface area contributed by atoms with Crippen LogP contribution in [0.25, 0.3) is 0 Å². The molecule has 2 aromatic carbocycles. The van der Waals surface area contributed by atoms with Gasteiger partial charge in [0.2, 0.25) is 0 Å². The van der Waals surface area contributed by atoms with Gasteiger partial charge in [0.1, 0.15) is 0 Å². The van der Waals surface area contributed by atoms with Gasteiger partial charge in [-0.05, 0) is 96.9 Å². The fourth-order valence-electron chi connectivity index (χ4n) is 9.33. The quantitative estimate of drug-likeness (QED) is 0.184. The Kier molecular flexibility index (Phi) is 12.7. The summed E-state index contributed by atoms with van der Waals surface area (Å²) in [6.07, 6.45) is 14.3. The van der Waals surface area contributed by atoms with Crippen LogP contribution in [0.4, 0.5) is 0 Å². The number of fused-ring (bicyclic) bond motifs is 1. The Bertz CT molecular complexity index is 1330. The largest absolute Gasteiger partial charge is 0.413 e. The first-order chi connectivity index (χ1) is 23.4. The van der Waals surface area contributed by atoms with Crippen LogP contribution in [-0.2, 0) is 18.3 Å². The molecule has 6 atom stereocenters. The van der Waals surface area contributed by atoms with Crippen LogP contribution < -0.4 is 10.4 Å². The molecule has 1 saturated heterocycles. The number of rotatable bonds is 14. The van der Waals surface area contributed by atoms with E-state index in [0.29, 0.717) is 30.5 Å². The lowest BCUT2D eigenvalue weighted by Crippen LogP contribution is -2.66. The average Bonchev–Trinajstić information content (AvgIpc) is 3.08. The van der Waals surface area contributed by atoms with Gasteiger partial charge >= 0.3 is 0 Å². The van der Waals surface area contributed by atoms with Gasteiger partial charge in [0.05, 0.1) is 18.3 Å². The molecule has 2 aromatic rings. The van der Waals surface area contributed by atoms with E-state index in [9.17, 15) is 0 Å². The highest BCUT2D eigenvalue weighted by Gasteiger charge is 2.50. The second-order valence-electron chi connectivity index (χ2n) is 16.6. The van der Waals surface area contributed by atoms with E-state index in [1.54, 1.807) is 0 Å². The van der Waals surface area contributed by atoms with Crippen molar-refractivity contribution in [3.05, 3.63) is 84.5 Å². The van der Waals surface area contributed by atoms with Crippen molar-refractivity contribution in [2.24, 2.45) is 17.8 Å². The second kappa shape index (κ2) is 16.3. The van der Waals surface area contributed by atoms with Crippen molar-refractivity contribution in [1.82, 2.24) is 0 Å². The van der Waals surface area contributed by atoms with Gasteiger partial charge in [0, 0.05) is 18.9 Å². The first-order valence-electron chi connectivity index (χ1n) is 19.5. The van der Waals surface area contributed by atoms with Crippen molar-refractivity contribution in [3.8, 4) is 0 Å². The summed E-state index contributed by atoms with van der Waals surface area (Å²) in [7, 11) is -4.29. The summed E-state index contributed by atoms with van der Waals surface area (Å²) in [6, 6.07) is 25.6. The molecule has 0 unspecified atom stereocenters. The Morgan fingerprint density at radius 1 is 0.816 bits per heavy atom. The molecule has 0 spiro atoms. The Hall–Kier alpha value is -1.81. The van der Waals surface area contributed by atoms with Crippen molar-refractivity contribution in [2.45, 2.75) is 148 Å². The van der Waals surface area contributed by atoms with E-state index in [0.717, 1.165) is 38.5 Å². The summed E-state index contributed by atoms with van der Waals surface area (Å²) in [5, 5.41) is 2.61. The second-order valence-corrected chi connectivity index (χ2v) is 25.6. The molecule has 0 saturated carbocycles. The molecule has 3 aliphatic rings. The summed E-state index contributed by atoms with van der Waals surface area (Å²) in [4.78, 5) is 0. The normalized spacial score (nSPS) is 27.4. The molecule has 1 heterocycles. The molecule has 0 aromatic heterocycles. The third-order valence-electron chi connectivity index (χ3n) is 12.1. The van der Waals surface area contributed by atoms with E-state index < -0.39 is 22.4 Å². The SMILES string of the molecule is CC[Si](CC)(CC)O[C@@H]1CCC=C2C=C[C@H](C)[C@H](CC[C@@H]3C[C@H](CCO[Si](c4ccccc4)(c4ccccc4)C(C)(C)C)OC(C)(C)O3)[C@H]21. The molecular formula is C43H66O4Si2. The molecule has 6 heteroatoms. The average molecular weight is 703 g/mol. The van der Waals surface area contributed by atoms with Crippen molar-refractivity contribution in [2.75, 3.05) is 6.61 Å². The Balaban J connectivity index is 1.29. The summed E-state index contributed by atoms with van der Waals surface area (Å²) in [6.45, 7) is 21.4. The predicted molar refractivity (Wildman–Crippen MR) is 211 cm³/mol. The van der Waals surface area contributed by atoms with Crippen LogP contribution in [0.1, 0.15) is 101 Å². The van der Waals surface area contributed by atoms with E-state index in [4.69, 9.17) is 18.3 Å². The Morgan fingerprint density at radius 3 is 1.94 bits per heavy atom. The van der Waals surface area contributed by atoms with Gasteiger partial charge in [-0.25, -0.2) is 0 Å². The zero-order chi connectivity index (χ0) is 35.3. The fraction of sp³-hybridized carbons (Fsp3) is 0.628. The molecule has 49 heavy (non-hydrogen) atoms. The molecule has 1 aliphatic heterocycles. The van der Waals surface area contributed by atoms with Crippen molar-refractivity contribution in [1.29, 1.82) is 0 Å². The topological polar surface area (TPSA) is 36.9 Å². The molecule has 0 amide bonds. The summed E-state index contributed by atoms with van der Waals surface area (Å²) in [5.41, 5.74) is 1.53. The lowest BCUT2D eigenvalue weighted by molar-refractivity contribution is -0.302. The van der Waals surface area contributed by atoms with Crippen LogP contribution >= 0.6 is 0 Å². The fourth-order valence-corrected chi connectivity index (χ4v) is 16.8. The highest BCUT2D eigenvalue weighted by atomic mass is 28.4. The minimum absolute atomic E-state index is 0.0410. The van der Waals surface area contributed by atoms with Crippen molar-refractivity contribution < 1.29 is 18.3 Å². The number of hydrogen-bond donors (Lipinski definition) is 0. The summed E-state index contributed by atoms with van der Waals surface area (Å²) in [5.74, 6) is 0.994. The molecule has 2 aliphatic carbocycles. The standard InChI is InChI=1S/C43H66O4Si2/c1-10-48(11-2,12-3)47-40-25-19-20-34-27-26-33(4)39(41(34)40)29-28-35-32-36(46-43(8,9)45-35)30-31-44-49(42(5,6)7,37-21-15-13-16-22-37)38-23-17-14-18-24-38/h13-18,20-24,26-27,33,35-36,39-41H,10-12,19,25,28-32H2,1-9H3/t33-,35+,36-,39-,40+,41-/m0/s1. The van der Waals surface area contributed by atoms with E-state index in [-0.39, 0.29) is 17.2 Å². The zero-order valence-electron chi connectivity index (χ0n) is 32.2. The molecule has 1 fully saturated rings. The highest BCUT2D eigenvalue weighted by Crippen LogP contribution is 2.46. The van der Waals surface area contributed by atoms with Gasteiger partial charge in [0.25, 0.3) is 8.32 Å². The number of hydrogen-bond acceptors (Lipinski definition) is 4. The van der Waals surface area contributed by atoms with Gasteiger partial charge in [-0.2, -0.15) is 0 Å². The minimum Gasteiger partial charge on any atom is -0.413 e. The molecule has 0 bridgehead atoms. The molecule has 270 valence electrons. The Morgan fingerprint density at radius 2 is 1.39 bits per heavy atom. The van der Waals surface area contributed by atoms with E-state index >= 15 is 0 Å². The molecule has 5 rings (SSSR count). The molecule has 4 nitrogen and oxygen atoms in total. The monoisotopic (exact) mass is 702 g/mol. The zero-order valence-corrected chi connectivity index (χ0v) is 34.2. The van der Waals surface area contributed by atoms with E-state index in [1.165, 1.54) is 34.1 Å². The predicted octanol–water partition coefficient (Wildman–Crippen LogP) is 10.2. The number of ether oxygens (including phenoxy) is 2. The maximum atomic E-state index is 7.28. The highest BCUT2D eigenvalue weighted by molar-refractivity contribution is 6.99. The number of benzene rings is 2. The maximum Gasteiger partial charge on any atom is 0.261 e. The van der Waals surface area contributed by atoms with Crippen LogP contribution in [0, 0.1) is 17.8 Å². The van der Waals surface area contributed by atoms with Gasteiger partial charge in [0.15, 0.2) is 14.1 Å². The molecular weight excluding hydrogens is 637 g/mol. The van der Waals surface area contributed by atoms with Crippen LogP contribution in [0.15, 0.2) is 84.5 Å². The first kappa shape index (κ1) is 38.4. The van der Waals surface area contributed by atoms with Gasteiger partial charge in [-0.1, -0.05) is 127 Å². The van der Waals surface area contributed by atoms with Crippen molar-refractivity contribution in [3.63, 3.8) is 0 Å². The van der Waals surface area contributed by atoms with Crippen LogP contribution in [0.2, 0.25) is 23.2 Å². The van der Waals surface area contributed by atoms with Crippen LogP contribution in [-0.4, -0.2) is 47.3 Å².